The van der Waals surface area contributed by atoms with Gasteiger partial charge in [0.1, 0.15) is 0 Å². The van der Waals surface area contributed by atoms with Crippen molar-refractivity contribution in [1.82, 2.24) is 9.78 Å². The molecule has 2 aromatic rings. The van der Waals surface area contributed by atoms with Gasteiger partial charge in [-0.05, 0) is 37.0 Å². The third kappa shape index (κ3) is 1.87. The monoisotopic (exact) mass is 240 g/mol. The van der Waals surface area contributed by atoms with E-state index in [4.69, 9.17) is 5.11 Å². The molecule has 1 heterocycles. The van der Waals surface area contributed by atoms with Crippen LogP contribution in [0.3, 0.4) is 0 Å². The van der Waals surface area contributed by atoms with E-state index >= 15 is 0 Å². The number of aliphatic hydroxyl groups is 1. The summed E-state index contributed by atoms with van der Waals surface area (Å²) in [4.78, 5) is 0. The number of allylic oxidation sites excluding steroid dienone is 1. The number of aliphatic hydroxyl groups excluding tert-OH is 1. The molecule has 0 amide bonds. The molecule has 1 aromatic heterocycles. The average molecular weight is 240 g/mol. The normalized spacial score (nSPS) is 16.8. The third-order valence-corrected chi connectivity index (χ3v) is 3.41. The summed E-state index contributed by atoms with van der Waals surface area (Å²) in [7, 11) is 0. The zero-order chi connectivity index (χ0) is 12.4. The van der Waals surface area contributed by atoms with E-state index in [1.807, 2.05) is 35.2 Å². The first kappa shape index (κ1) is 11.2. The number of nitrogens with zero attached hydrogens (tertiary/aromatic N) is 2. The SMILES string of the molecule is OC/C=C1\CCCc2c1cnn2-c1ccccc1. The average Bonchev–Trinajstić information content (AvgIpc) is 2.85. The van der Waals surface area contributed by atoms with Crippen molar-refractivity contribution >= 4 is 5.57 Å². The highest BCUT2D eigenvalue weighted by Crippen LogP contribution is 2.31. The second-order valence-electron chi connectivity index (χ2n) is 4.52. The molecule has 0 spiro atoms. The Labute approximate surface area is 106 Å². The Hall–Kier alpha value is -1.87. The van der Waals surface area contributed by atoms with Crippen LogP contribution in [-0.4, -0.2) is 21.5 Å². The first-order valence-electron chi connectivity index (χ1n) is 6.33. The molecule has 92 valence electrons. The van der Waals surface area contributed by atoms with Crippen LogP contribution in [0.15, 0.2) is 42.6 Å². The number of fused-ring (bicyclic) bond motifs is 1. The van der Waals surface area contributed by atoms with Crippen LogP contribution in [0.2, 0.25) is 0 Å². The molecular formula is C15H16N2O. The highest BCUT2D eigenvalue weighted by atomic mass is 16.2. The highest BCUT2D eigenvalue weighted by Gasteiger charge is 2.19. The molecule has 0 atom stereocenters. The number of hydrogen-bond acceptors (Lipinski definition) is 2. The summed E-state index contributed by atoms with van der Waals surface area (Å²) in [5, 5.41) is 13.6. The minimum atomic E-state index is 0.102. The van der Waals surface area contributed by atoms with E-state index in [-0.39, 0.29) is 6.61 Å². The fourth-order valence-electron chi connectivity index (χ4n) is 2.58. The summed E-state index contributed by atoms with van der Waals surface area (Å²) in [6.45, 7) is 0.102. The Morgan fingerprint density at radius 2 is 2.06 bits per heavy atom. The zero-order valence-electron chi connectivity index (χ0n) is 10.2. The highest BCUT2D eigenvalue weighted by molar-refractivity contribution is 5.69. The molecule has 3 heteroatoms. The molecule has 0 saturated heterocycles. The lowest BCUT2D eigenvalue weighted by Crippen LogP contribution is -2.07. The van der Waals surface area contributed by atoms with E-state index in [0.717, 1.165) is 24.9 Å². The van der Waals surface area contributed by atoms with Crippen LogP contribution in [0.5, 0.6) is 0 Å². The molecule has 0 fully saturated rings. The van der Waals surface area contributed by atoms with Gasteiger partial charge in [-0.15, -0.1) is 0 Å². The number of hydrogen-bond donors (Lipinski definition) is 1. The third-order valence-electron chi connectivity index (χ3n) is 3.41. The van der Waals surface area contributed by atoms with Gasteiger partial charge in [-0.3, -0.25) is 0 Å². The molecule has 1 aromatic carbocycles. The Kier molecular flexibility index (Phi) is 2.99. The van der Waals surface area contributed by atoms with E-state index < -0.39 is 0 Å². The van der Waals surface area contributed by atoms with Gasteiger partial charge in [0, 0.05) is 5.56 Å². The number of benzene rings is 1. The molecule has 0 aliphatic heterocycles. The van der Waals surface area contributed by atoms with Gasteiger partial charge in [-0.1, -0.05) is 24.3 Å². The van der Waals surface area contributed by atoms with E-state index in [9.17, 15) is 0 Å². The first-order valence-corrected chi connectivity index (χ1v) is 6.33. The lowest BCUT2D eigenvalue weighted by molar-refractivity contribution is 0.343. The van der Waals surface area contributed by atoms with Crippen molar-refractivity contribution in [3.63, 3.8) is 0 Å². The van der Waals surface area contributed by atoms with Crippen molar-refractivity contribution in [2.24, 2.45) is 0 Å². The molecule has 3 rings (SSSR count). The Balaban J connectivity index is 2.08. The van der Waals surface area contributed by atoms with Crippen LogP contribution in [-0.2, 0) is 6.42 Å². The van der Waals surface area contributed by atoms with Crippen LogP contribution in [0.1, 0.15) is 24.1 Å². The smallest absolute Gasteiger partial charge is 0.0649 e. The van der Waals surface area contributed by atoms with Crippen molar-refractivity contribution in [1.29, 1.82) is 0 Å². The topological polar surface area (TPSA) is 38.1 Å². The zero-order valence-corrected chi connectivity index (χ0v) is 10.2. The van der Waals surface area contributed by atoms with Crippen LogP contribution >= 0.6 is 0 Å². The van der Waals surface area contributed by atoms with Gasteiger partial charge < -0.3 is 5.11 Å². The van der Waals surface area contributed by atoms with Crippen LogP contribution in [0, 0.1) is 0 Å². The summed E-state index contributed by atoms with van der Waals surface area (Å²) >= 11 is 0. The van der Waals surface area contributed by atoms with Crippen LogP contribution < -0.4 is 0 Å². The van der Waals surface area contributed by atoms with Crippen LogP contribution in [0.4, 0.5) is 0 Å². The van der Waals surface area contributed by atoms with E-state index in [0.29, 0.717) is 0 Å². The molecule has 0 unspecified atom stereocenters. The number of aromatic nitrogens is 2. The van der Waals surface area contributed by atoms with E-state index in [1.54, 1.807) is 0 Å². The summed E-state index contributed by atoms with van der Waals surface area (Å²) < 4.78 is 2.01. The fourth-order valence-corrected chi connectivity index (χ4v) is 2.58. The maximum absolute atomic E-state index is 9.06. The van der Waals surface area contributed by atoms with Gasteiger partial charge in [0.2, 0.25) is 0 Å². The molecular weight excluding hydrogens is 224 g/mol. The largest absolute Gasteiger partial charge is 0.392 e. The predicted molar refractivity (Wildman–Crippen MR) is 71.6 cm³/mol. The predicted octanol–water partition coefficient (Wildman–Crippen LogP) is 2.58. The molecule has 0 radical (unpaired) electrons. The Morgan fingerprint density at radius 3 is 2.83 bits per heavy atom. The van der Waals surface area contributed by atoms with E-state index in [1.165, 1.54) is 16.8 Å². The van der Waals surface area contributed by atoms with Crippen molar-refractivity contribution in [2.75, 3.05) is 6.61 Å². The molecule has 1 aliphatic carbocycles. The minimum Gasteiger partial charge on any atom is -0.392 e. The Morgan fingerprint density at radius 1 is 1.22 bits per heavy atom. The molecule has 1 N–H and O–H groups in total. The number of rotatable bonds is 2. The minimum absolute atomic E-state index is 0.102. The lowest BCUT2D eigenvalue weighted by Gasteiger charge is -2.16. The molecule has 3 nitrogen and oxygen atoms in total. The standard InChI is InChI=1S/C15H16N2O/c18-10-9-12-5-4-8-15-14(12)11-16-17(15)13-6-2-1-3-7-13/h1-3,6-7,9,11,18H,4-5,8,10H2/b12-9+. The fraction of sp³-hybridized carbons (Fsp3) is 0.267. The first-order chi connectivity index (χ1) is 8.90. The van der Waals surface area contributed by atoms with E-state index in [2.05, 4.69) is 17.2 Å². The quantitative estimate of drug-likeness (QED) is 0.876. The van der Waals surface area contributed by atoms with Gasteiger partial charge in [0.05, 0.1) is 24.2 Å². The lowest BCUT2D eigenvalue weighted by atomic mass is 9.92. The summed E-state index contributed by atoms with van der Waals surface area (Å²) in [6, 6.07) is 10.2. The van der Waals surface area contributed by atoms with Gasteiger partial charge >= 0.3 is 0 Å². The van der Waals surface area contributed by atoms with Crippen molar-refractivity contribution in [3.8, 4) is 5.69 Å². The van der Waals surface area contributed by atoms with Gasteiger partial charge in [0.15, 0.2) is 0 Å². The Bertz CT molecular complexity index is 569. The number of para-hydroxylation sites is 1. The maximum atomic E-state index is 9.06. The summed E-state index contributed by atoms with van der Waals surface area (Å²) in [5.74, 6) is 0. The summed E-state index contributed by atoms with van der Waals surface area (Å²) in [6.07, 6.45) is 7.02. The van der Waals surface area contributed by atoms with Gasteiger partial charge in [-0.2, -0.15) is 5.10 Å². The molecule has 18 heavy (non-hydrogen) atoms. The van der Waals surface area contributed by atoms with Gasteiger partial charge in [0.25, 0.3) is 0 Å². The molecule has 1 aliphatic rings. The molecule has 0 bridgehead atoms. The molecule has 0 saturated carbocycles. The second kappa shape index (κ2) is 4.78. The van der Waals surface area contributed by atoms with Crippen molar-refractivity contribution in [3.05, 3.63) is 53.9 Å². The van der Waals surface area contributed by atoms with Crippen LogP contribution in [0.25, 0.3) is 11.3 Å². The summed E-state index contributed by atoms with van der Waals surface area (Å²) in [5.41, 5.74) is 4.77. The second-order valence-corrected chi connectivity index (χ2v) is 4.52. The van der Waals surface area contributed by atoms with Crippen molar-refractivity contribution in [2.45, 2.75) is 19.3 Å². The van der Waals surface area contributed by atoms with Gasteiger partial charge in [-0.25, -0.2) is 4.68 Å². The van der Waals surface area contributed by atoms with Crippen molar-refractivity contribution < 1.29 is 5.11 Å². The maximum Gasteiger partial charge on any atom is 0.0649 e.